The van der Waals surface area contributed by atoms with Gasteiger partial charge < -0.3 is 15.2 Å². The zero-order chi connectivity index (χ0) is 19.1. The predicted molar refractivity (Wildman–Crippen MR) is 113 cm³/mol. The Bertz CT molecular complexity index is 749. The lowest BCUT2D eigenvalue weighted by atomic mass is 10.2. The van der Waals surface area contributed by atoms with E-state index in [0.717, 1.165) is 23.3 Å². The summed E-state index contributed by atoms with van der Waals surface area (Å²) in [5.74, 6) is 2.02. The first kappa shape index (κ1) is 20.0. The van der Waals surface area contributed by atoms with E-state index >= 15 is 0 Å². The molecule has 0 spiro atoms. The number of hydrogen-bond donors (Lipinski definition) is 2. The van der Waals surface area contributed by atoms with E-state index in [0.29, 0.717) is 35.7 Å². The van der Waals surface area contributed by atoms with Crippen molar-refractivity contribution in [2.75, 3.05) is 19.3 Å². The summed E-state index contributed by atoms with van der Waals surface area (Å²) in [7, 11) is 0. The minimum absolute atomic E-state index is 0.500. The highest BCUT2D eigenvalue weighted by atomic mass is 35.5. The summed E-state index contributed by atoms with van der Waals surface area (Å²) in [6, 6.07) is 7.89. The van der Waals surface area contributed by atoms with E-state index in [4.69, 9.17) is 16.1 Å². The largest absolute Gasteiger partial charge is 0.357 e. The predicted octanol–water partition coefficient (Wildman–Crippen LogP) is 3.77. The van der Waals surface area contributed by atoms with E-state index in [9.17, 15) is 0 Å². The van der Waals surface area contributed by atoms with Gasteiger partial charge in [0.1, 0.15) is 0 Å². The molecule has 2 atom stereocenters. The molecule has 0 amide bonds. The molecule has 1 heterocycles. The number of guanidine groups is 1. The number of nitrogens with one attached hydrogen (secondary N) is 2. The Morgan fingerprint density at radius 3 is 2.85 bits per heavy atom. The molecule has 1 fully saturated rings. The summed E-state index contributed by atoms with van der Waals surface area (Å²) in [4.78, 5) is 9.10. The van der Waals surface area contributed by atoms with Crippen molar-refractivity contribution >= 4 is 29.3 Å². The molecule has 2 N–H and O–H groups in total. The van der Waals surface area contributed by atoms with Crippen molar-refractivity contribution in [3.63, 3.8) is 0 Å². The van der Waals surface area contributed by atoms with Crippen molar-refractivity contribution in [1.29, 1.82) is 0 Å². The first-order valence-corrected chi connectivity index (χ1v) is 11.0. The second-order valence-electron chi connectivity index (χ2n) is 6.54. The van der Waals surface area contributed by atoms with E-state index in [-0.39, 0.29) is 0 Å². The average Bonchev–Trinajstić information content (AvgIpc) is 3.32. The molecule has 6 nitrogen and oxygen atoms in total. The zero-order valence-corrected chi connectivity index (χ0v) is 17.3. The lowest BCUT2D eigenvalue weighted by molar-refractivity contribution is 0.380. The van der Waals surface area contributed by atoms with E-state index in [1.165, 1.54) is 19.3 Å². The summed E-state index contributed by atoms with van der Waals surface area (Å²) in [6.45, 7) is 3.51. The van der Waals surface area contributed by atoms with Gasteiger partial charge in [0.15, 0.2) is 5.96 Å². The van der Waals surface area contributed by atoms with Crippen molar-refractivity contribution in [3.8, 4) is 11.4 Å². The van der Waals surface area contributed by atoms with Crippen molar-refractivity contribution < 1.29 is 4.52 Å². The lowest BCUT2D eigenvalue weighted by Gasteiger charge is -2.17. The van der Waals surface area contributed by atoms with Crippen LogP contribution in [0.15, 0.2) is 33.8 Å². The van der Waals surface area contributed by atoms with Crippen LogP contribution in [0.2, 0.25) is 5.02 Å². The summed E-state index contributed by atoms with van der Waals surface area (Å²) in [5.41, 5.74) is 0.887. The topological polar surface area (TPSA) is 75.3 Å². The van der Waals surface area contributed by atoms with Crippen LogP contribution in [0.1, 0.15) is 32.1 Å². The Balaban J connectivity index is 1.53. The monoisotopic (exact) mass is 407 g/mol. The highest BCUT2D eigenvalue weighted by molar-refractivity contribution is 7.99. The molecule has 0 aliphatic heterocycles. The van der Waals surface area contributed by atoms with E-state index in [2.05, 4.69) is 38.9 Å². The van der Waals surface area contributed by atoms with Gasteiger partial charge in [0.05, 0.1) is 6.54 Å². The van der Waals surface area contributed by atoms with Gasteiger partial charge in [0, 0.05) is 34.8 Å². The highest BCUT2D eigenvalue weighted by Crippen LogP contribution is 2.28. The number of rotatable bonds is 7. The molecule has 1 aromatic heterocycles. The Labute approximate surface area is 169 Å². The summed E-state index contributed by atoms with van der Waals surface area (Å²) < 4.78 is 5.35. The minimum Gasteiger partial charge on any atom is -0.357 e. The number of aliphatic imine (C=N–C) groups is 1. The highest BCUT2D eigenvalue weighted by Gasteiger charge is 2.24. The van der Waals surface area contributed by atoms with Gasteiger partial charge in [0.25, 0.3) is 0 Å². The van der Waals surface area contributed by atoms with Crippen LogP contribution in [0.25, 0.3) is 11.4 Å². The molecular formula is C19H26ClN5OS. The van der Waals surface area contributed by atoms with Gasteiger partial charge in [0.2, 0.25) is 11.7 Å². The maximum Gasteiger partial charge on any atom is 0.228 e. The molecule has 3 rings (SSSR count). The second-order valence-corrected chi connectivity index (χ2v) is 8.12. The molecule has 146 valence electrons. The van der Waals surface area contributed by atoms with Gasteiger partial charge in [-0.15, -0.1) is 0 Å². The fourth-order valence-electron chi connectivity index (χ4n) is 3.13. The SMILES string of the molecule is CCNC(=NCCc1nc(-c2ccc(Cl)cc2)no1)NC1CCC(SC)C1. The van der Waals surface area contributed by atoms with Gasteiger partial charge >= 0.3 is 0 Å². The fourth-order valence-corrected chi connectivity index (χ4v) is 4.06. The standard InChI is InChI=1S/C19H26ClN5OS/c1-3-21-19(23-15-8-9-16(12-15)27-2)22-11-10-17-24-18(25-26-17)13-4-6-14(20)7-5-13/h4-7,15-16H,3,8-12H2,1-2H3,(H2,21,22,23). The summed E-state index contributed by atoms with van der Waals surface area (Å²) >= 11 is 7.87. The number of benzene rings is 1. The first-order valence-electron chi connectivity index (χ1n) is 9.34. The van der Waals surface area contributed by atoms with Crippen molar-refractivity contribution in [2.45, 2.75) is 43.9 Å². The van der Waals surface area contributed by atoms with Crippen molar-refractivity contribution in [3.05, 3.63) is 35.2 Å². The van der Waals surface area contributed by atoms with Gasteiger partial charge in [-0.05, 0) is 56.7 Å². The normalized spacial score (nSPS) is 20.0. The van der Waals surface area contributed by atoms with Crippen LogP contribution in [-0.2, 0) is 6.42 Å². The van der Waals surface area contributed by atoms with Crippen LogP contribution >= 0.6 is 23.4 Å². The van der Waals surface area contributed by atoms with Crippen LogP contribution in [0, 0.1) is 0 Å². The number of hydrogen-bond acceptors (Lipinski definition) is 5. The summed E-state index contributed by atoms with van der Waals surface area (Å²) in [6.07, 6.45) is 6.46. The summed E-state index contributed by atoms with van der Waals surface area (Å²) in [5, 5.41) is 12.4. The fraction of sp³-hybridized carbons (Fsp3) is 0.526. The van der Waals surface area contributed by atoms with Crippen molar-refractivity contribution in [2.24, 2.45) is 4.99 Å². The number of thioether (sulfide) groups is 1. The third-order valence-corrected chi connectivity index (χ3v) is 5.92. The average molecular weight is 408 g/mol. The van der Waals surface area contributed by atoms with Crippen LogP contribution in [0.3, 0.4) is 0 Å². The molecular weight excluding hydrogens is 382 g/mol. The van der Waals surface area contributed by atoms with Gasteiger partial charge in [-0.25, -0.2) is 0 Å². The first-order chi connectivity index (χ1) is 13.2. The lowest BCUT2D eigenvalue weighted by Crippen LogP contribution is -2.42. The third kappa shape index (κ3) is 5.87. The Morgan fingerprint density at radius 1 is 1.33 bits per heavy atom. The van der Waals surface area contributed by atoms with Crippen LogP contribution in [0.4, 0.5) is 0 Å². The zero-order valence-electron chi connectivity index (χ0n) is 15.7. The van der Waals surface area contributed by atoms with Gasteiger partial charge in [-0.1, -0.05) is 16.8 Å². The molecule has 27 heavy (non-hydrogen) atoms. The quantitative estimate of drug-likeness (QED) is 0.537. The molecule has 0 radical (unpaired) electrons. The Morgan fingerprint density at radius 2 is 2.15 bits per heavy atom. The molecule has 0 bridgehead atoms. The number of halogens is 1. The van der Waals surface area contributed by atoms with E-state index in [1.807, 2.05) is 36.0 Å². The second kappa shape index (κ2) is 9.99. The Kier molecular flexibility index (Phi) is 7.41. The smallest absolute Gasteiger partial charge is 0.228 e. The van der Waals surface area contributed by atoms with E-state index < -0.39 is 0 Å². The Hall–Kier alpha value is -1.73. The molecule has 0 saturated heterocycles. The minimum atomic E-state index is 0.500. The van der Waals surface area contributed by atoms with Crippen molar-refractivity contribution in [1.82, 2.24) is 20.8 Å². The number of nitrogens with zero attached hydrogens (tertiary/aromatic N) is 3. The molecule has 1 saturated carbocycles. The molecule has 2 aromatic rings. The molecule has 2 unspecified atom stereocenters. The van der Waals surface area contributed by atoms with Crippen LogP contribution in [-0.4, -0.2) is 46.7 Å². The molecule has 1 aliphatic carbocycles. The van der Waals surface area contributed by atoms with E-state index in [1.54, 1.807) is 0 Å². The maximum atomic E-state index is 5.91. The third-order valence-electron chi connectivity index (χ3n) is 4.57. The molecule has 8 heteroatoms. The number of aromatic nitrogens is 2. The maximum absolute atomic E-state index is 5.91. The van der Waals surface area contributed by atoms with Crippen LogP contribution in [0.5, 0.6) is 0 Å². The van der Waals surface area contributed by atoms with Gasteiger partial charge in [-0.2, -0.15) is 16.7 Å². The molecule has 1 aromatic carbocycles. The van der Waals surface area contributed by atoms with Gasteiger partial charge in [-0.3, -0.25) is 4.99 Å². The van der Waals surface area contributed by atoms with Crippen LogP contribution < -0.4 is 10.6 Å². The molecule has 1 aliphatic rings.